The Balaban J connectivity index is 2.04. The van der Waals surface area contributed by atoms with E-state index >= 15 is 0 Å². The van der Waals surface area contributed by atoms with Gasteiger partial charge in [-0.15, -0.1) is 0 Å². The maximum atomic E-state index is 13.1. The van der Waals surface area contributed by atoms with Gasteiger partial charge in [0.2, 0.25) is 0 Å². The number of unbranched alkanes of at least 4 members (excludes halogenated alkanes) is 1. The molecule has 1 nitrogen and oxygen atoms in total. The number of hydrogen-bond donors (Lipinski definition) is 0. The Morgan fingerprint density at radius 3 is 2.24 bits per heavy atom. The second-order valence-electron chi connectivity index (χ2n) is 5.15. The third-order valence-corrected chi connectivity index (χ3v) is 3.44. The van der Waals surface area contributed by atoms with E-state index in [0.29, 0.717) is 11.1 Å². The van der Waals surface area contributed by atoms with Crippen LogP contribution in [0, 0.1) is 11.6 Å². The highest BCUT2D eigenvalue weighted by Gasteiger charge is 2.09. The standard InChI is InChI=1S/C18H18F2O/c1-2-3-4-13-5-8-15(9-6-13)18(21)12-14-7-10-16(19)17(20)11-14/h5-11H,2-4,12H2,1H3. The topological polar surface area (TPSA) is 17.1 Å². The van der Waals surface area contributed by atoms with Gasteiger partial charge in [0.1, 0.15) is 0 Å². The van der Waals surface area contributed by atoms with E-state index in [1.165, 1.54) is 11.6 Å². The molecule has 0 aliphatic carbocycles. The van der Waals surface area contributed by atoms with Crippen molar-refractivity contribution in [2.24, 2.45) is 0 Å². The summed E-state index contributed by atoms with van der Waals surface area (Å²) in [5, 5.41) is 0. The fraction of sp³-hybridized carbons (Fsp3) is 0.278. The van der Waals surface area contributed by atoms with E-state index in [-0.39, 0.29) is 12.2 Å². The zero-order valence-electron chi connectivity index (χ0n) is 12.0. The average Bonchev–Trinajstić information content (AvgIpc) is 2.49. The van der Waals surface area contributed by atoms with Gasteiger partial charge in [-0.05, 0) is 36.1 Å². The minimum atomic E-state index is -0.921. The second-order valence-corrected chi connectivity index (χ2v) is 5.15. The van der Waals surface area contributed by atoms with Gasteiger partial charge in [-0.3, -0.25) is 4.79 Å². The Morgan fingerprint density at radius 2 is 1.62 bits per heavy atom. The minimum Gasteiger partial charge on any atom is -0.294 e. The molecule has 0 aliphatic rings. The fourth-order valence-corrected chi connectivity index (χ4v) is 2.18. The van der Waals surface area contributed by atoms with Gasteiger partial charge in [0.25, 0.3) is 0 Å². The smallest absolute Gasteiger partial charge is 0.167 e. The van der Waals surface area contributed by atoms with Crippen LogP contribution in [0.2, 0.25) is 0 Å². The highest BCUT2D eigenvalue weighted by atomic mass is 19.2. The third kappa shape index (κ3) is 4.22. The molecule has 0 saturated carbocycles. The molecule has 0 fully saturated rings. The molecule has 0 atom stereocenters. The molecule has 2 aromatic rings. The van der Waals surface area contributed by atoms with Crippen LogP contribution in [-0.4, -0.2) is 5.78 Å². The van der Waals surface area contributed by atoms with Crippen LogP contribution < -0.4 is 0 Å². The maximum Gasteiger partial charge on any atom is 0.167 e. The lowest BCUT2D eigenvalue weighted by molar-refractivity contribution is 0.0993. The molecule has 2 rings (SSSR count). The molecule has 0 radical (unpaired) electrons. The summed E-state index contributed by atoms with van der Waals surface area (Å²) in [5.41, 5.74) is 2.29. The van der Waals surface area contributed by atoms with Crippen LogP contribution in [0.3, 0.4) is 0 Å². The Morgan fingerprint density at radius 1 is 0.952 bits per heavy atom. The Labute approximate surface area is 123 Å². The molecule has 110 valence electrons. The van der Waals surface area contributed by atoms with Gasteiger partial charge < -0.3 is 0 Å². The summed E-state index contributed by atoms with van der Waals surface area (Å²) in [6.07, 6.45) is 3.35. The summed E-state index contributed by atoms with van der Waals surface area (Å²) >= 11 is 0. The predicted molar refractivity (Wildman–Crippen MR) is 79.4 cm³/mol. The van der Waals surface area contributed by atoms with Crippen molar-refractivity contribution in [3.63, 3.8) is 0 Å². The molecular weight excluding hydrogens is 270 g/mol. The summed E-state index contributed by atoms with van der Waals surface area (Å²) in [5.74, 6) is -1.91. The van der Waals surface area contributed by atoms with Crippen LogP contribution in [0.4, 0.5) is 8.78 Å². The SMILES string of the molecule is CCCCc1ccc(C(=O)Cc2ccc(F)c(F)c2)cc1. The van der Waals surface area contributed by atoms with Gasteiger partial charge >= 0.3 is 0 Å². The summed E-state index contributed by atoms with van der Waals surface area (Å²) in [6, 6.07) is 11.1. The summed E-state index contributed by atoms with van der Waals surface area (Å²) in [7, 11) is 0. The molecule has 0 saturated heterocycles. The molecule has 0 bridgehead atoms. The van der Waals surface area contributed by atoms with Gasteiger partial charge in [0.15, 0.2) is 17.4 Å². The van der Waals surface area contributed by atoms with E-state index in [4.69, 9.17) is 0 Å². The molecule has 0 aromatic heterocycles. The van der Waals surface area contributed by atoms with Crippen molar-refractivity contribution in [2.75, 3.05) is 0 Å². The first-order valence-corrected chi connectivity index (χ1v) is 7.16. The number of carbonyl (C=O) groups is 1. The quantitative estimate of drug-likeness (QED) is 0.702. The molecule has 0 aliphatic heterocycles. The number of hydrogen-bond acceptors (Lipinski definition) is 1. The Kier molecular flexibility index (Phi) is 5.20. The highest BCUT2D eigenvalue weighted by molar-refractivity contribution is 5.97. The number of carbonyl (C=O) groups excluding carboxylic acids is 1. The number of benzene rings is 2. The summed E-state index contributed by atoms with van der Waals surface area (Å²) in [6.45, 7) is 2.14. The van der Waals surface area contributed by atoms with E-state index in [0.717, 1.165) is 31.4 Å². The van der Waals surface area contributed by atoms with Crippen molar-refractivity contribution in [2.45, 2.75) is 32.6 Å². The monoisotopic (exact) mass is 288 g/mol. The van der Waals surface area contributed by atoms with Crippen molar-refractivity contribution in [3.8, 4) is 0 Å². The first-order chi connectivity index (χ1) is 10.1. The molecular formula is C18H18F2O. The van der Waals surface area contributed by atoms with Crippen LogP contribution >= 0.6 is 0 Å². The lowest BCUT2D eigenvalue weighted by Crippen LogP contribution is -2.04. The van der Waals surface area contributed by atoms with Gasteiger partial charge in [-0.1, -0.05) is 43.7 Å². The molecule has 0 amide bonds. The van der Waals surface area contributed by atoms with Crippen molar-refractivity contribution in [3.05, 3.63) is 70.8 Å². The van der Waals surface area contributed by atoms with Crippen molar-refractivity contribution in [1.29, 1.82) is 0 Å². The molecule has 21 heavy (non-hydrogen) atoms. The number of aryl methyl sites for hydroxylation is 1. The number of ketones is 1. The van der Waals surface area contributed by atoms with Crippen LogP contribution in [0.5, 0.6) is 0 Å². The average molecular weight is 288 g/mol. The third-order valence-electron chi connectivity index (χ3n) is 3.44. The van der Waals surface area contributed by atoms with E-state index in [9.17, 15) is 13.6 Å². The Bertz CT molecular complexity index is 618. The lowest BCUT2D eigenvalue weighted by Gasteiger charge is -2.04. The van der Waals surface area contributed by atoms with Gasteiger partial charge in [-0.2, -0.15) is 0 Å². The number of Topliss-reactive ketones (excluding diaryl/α,β-unsaturated/α-hetero) is 1. The van der Waals surface area contributed by atoms with E-state index < -0.39 is 11.6 Å². The van der Waals surface area contributed by atoms with E-state index in [1.54, 1.807) is 12.1 Å². The fourth-order valence-electron chi connectivity index (χ4n) is 2.18. The van der Waals surface area contributed by atoms with Gasteiger partial charge in [-0.25, -0.2) is 8.78 Å². The predicted octanol–water partition coefficient (Wildman–Crippen LogP) is 4.73. The van der Waals surface area contributed by atoms with Gasteiger partial charge in [0, 0.05) is 12.0 Å². The van der Waals surface area contributed by atoms with E-state index in [2.05, 4.69) is 6.92 Å². The van der Waals surface area contributed by atoms with Crippen LogP contribution in [0.1, 0.15) is 41.3 Å². The molecule has 0 N–H and O–H groups in total. The largest absolute Gasteiger partial charge is 0.294 e. The second kappa shape index (κ2) is 7.11. The van der Waals surface area contributed by atoms with Crippen LogP contribution in [0.25, 0.3) is 0 Å². The molecule has 0 unspecified atom stereocenters. The van der Waals surface area contributed by atoms with Crippen LogP contribution in [0.15, 0.2) is 42.5 Å². The van der Waals surface area contributed by atoms with Crippen LogP contribution in [-0.2, 0) is 12.8 Å². The molecule has 0 spiro atoms. The first kappa shape index (κ1) is 15.4. The normalized spacial score (nSPS) is 10.6. The van der Waals surface area contributed by atoms with Crippen molar-refractivity contribution >= 4 is 5.78 Å². The molecule has 3 heteroatoms. The number of halogens is 2. The van der Waals surface area contributed by atoms with Crippen molar-refractivity contribution < 1.29 is 13.6 Å². The van der Waals surface area contributed by atoms with Gasteiger partial charge in [0.05, 0.1) is 0 Å². The zero-order valence-corrected chi connectivity index (χ0v) is 12.0. The Hall–Kier alpha value is -2.03. The minimum absolute atomic E-state index is 0.0749. The maximum absolute atomic E-state index is 13.1. The zero-order chi connectivity index (χ0) is 15.2. The number of rotatable bonds is 6. The summed E-state index contributed by atoms with van der Waals surface area (Å²) < 4.78 is 26.0. The van der Waals surface area contributed by atoms with E-state index in [1.807, 2.05) is 12.1 Å². The first-order valence-electron chi connectivity index (χ1n) is 7.16. The highest BCUT2D eigenvalue weighted by Crippen LogP contribution is 2.13. The lowest BCUT2D eigenvalue weighted by atomic mass is 10.0. The van der Waals surface area contributed by atoms with Crippen molar-refractivity contribution in [1.82, 2.24) is 0 Å². The summed E-state index contributed by atoms with van der Waals surface area (Å²) in [4.78, 5) is 12.1. The molecule has 0 heterocycles. The molecule has 2 aromatic carbocycles.